The molecule has 0 bridgehead atoms. The van der Waals surface area contributed by atoms with E-state index in [1.165, 1.54) is 24.8 Å². The molecule has 27 heavy (non-hydrogen) atoms. The fraction of sp³-hybridized carbons (Fsp3) is 0.500. The first-order chi connectivity index (χ1) is 13.1. The lowest BCUT2D eigenvalue weighted by Gasteiger charge is -2.15. The molecule has 0 aliphatic carbocycles. The highest BCUT2D eigenvalue weighted by Gasteiger charge is 2.12. The Morgan fingerprint density at radius 3 is 2.59 bits per heavy atom. The maximum atomic E-state index is 6.17. The van der Waals surface area contributed by atoms with Crippen LogP contribution in [0.1, 0.15) is 65.4 Å². The number of rotatable bonds is 11. The van der Waals surface area contributed by atoms with Crippen LogP contribution in [-0.4, -0.2) is 16.6 Å². The molecule has 0 fully saturated rings. The fourth-order valence-corrected chi connectivity index (χ4v) is 2.88. The van der Waals surface area contributed by atoms with Gasteiger partial charge in [-0.3, -0.25) is 0 Å². The lowest BCUT2D eigenvalue weighted by Crippen LogP contribution is -2.11. The minimum atomic E-state index is 0.461. The van der Waals surface area contributed by atoms with Gasteiger partial charge in [-0.15, -0.1) is 0 Å². The number of ether oxygens (including phenoxy) is 1. The number of benzene rings is 1. The minimum Gasteiger partial charge on any atom is -0.477 e. The number of hydrogen-bond acceptors (Lipinski definition) is 3. The van der Waals surface area contributed by atoms with E-state index < -0.39 is 0 Å². The van der Waals surface area contributed by atoms with Gasteiger partial charge >= 0.3 is 0 Å². The van der Waals surface area contributed by atoms with Gasteiger partial charge in [0.05, 0.1) is 6.61 Å². The van der Waals surface area contributed by atoms with Gasteiger partial charge in [-0.05, 0) is 39.0 Å². The van der Waals surface area contributed by atoms with Gasteiger partial charge in [0, 0.05) is 17.3 Å². The monoisotopic (exact) mass is 366 g/mol. The van der Waals surface area contributed by atoms with Gasteiger partial charge in [-0.25, -0.2) is 4.98 Å². The van der Waals surface area contributed by atoms with Gasteiger partial charge in [0.2, 0.25) is 5.88 Å². The molecule has 1 unspecified atom stereocenters. The number of aryl methyl sites for hydroxylation is 1. The van der Waals surface area contributed by atoms with Crippen LogP contribution in [0.15, 0.2) is 48.2 Å². The zero-order chi connectivity index (χ0) is 19.5. The second kappa shape index (κ2) is 11.5. The van der Waals surface area contributed by atoms with E-state index in [-0.39, 0.29) is 0 Å². The van der Waals surface area contributed by atoms with Crippen molar-refractivity contribution in [1.82, 2.24) is 9.97 Å². The van der Waals surface area contributed by atoms with E-state index in [0.29, 0.717) is 12.5 Å². The number of unbranched alkanes of at least 4 members (excludes halogenated alkanes) is 3. The second-order valence-corrected chi connectivity index (χ2v) is 7.63. The Hall–Kier alpha value is -2.16. The highest BCUT2D eigenvalue weighted by molar-refractivity contribution is 5.55. The molecule has 1 heterocycles. The van der Waals surface area contributed by atoms with Crippen LogP contribution in [0.4, 0.5) is 0 Å². The van der Waals surface area contributed by atoms with Crippen LogP contribution < -0.4 is 4.74 Å². The lowest BCUT2D eigenvalue weighted by atomic mass is 10.1. The molecule has 1 atom stereocenters. The highest BCUT2D eigenvalue weighted by Crippen LogP contribution is 2.23. The van der Waals surface area contributed by atoms with Crippen LogP contribution in [0.5, 0.6) is 5.88 Å². The van der Waals surface area contributed by atoms with E-state index in [4.69, 9.17) is 9.72 Å². The van der Waals surface area contributed by atoms with Crippen molar-refractivity contribution >= 4 is 0 Å². The third-order valence-corrected chi connectivity index (χ3v) is 4.59. The largest absolute Gasteiger partial charge is 0.477 e. The molecule has 0 aliphatic heterocycles. The summed E-state index contributed by atoms with van der Waals surface area (Å²) < 4.78 is 6.17. The normalized spacial score (nSPS) is 11.9. The third kappa shape index (κ3) is 7.54. The van der Waals surface area contributed by atoms with Crippen molar-refractivity contribution < 1.29 is 4.74 Å². The summed E-state index contributed by atoms with van der Waals surface area (Å²) in [6.07, 6.45) is 11.2. The van der Waals surface area contributed by atoms with Crippen molar-refractivity contribution in [2.45, 2.75) is 66.2 Å². The Bertz CT molecular complexity index is 706. The SMILES string of the molecule is CCCCCCc1cnc(-c2ccccc2)nc1OCC(C)CC=C(C)C. The van der Waals surface area contributed by atoms with Crippen LogP contribution >= 0.6 is 0 Å². The molecule has 2 rings (SSSR count). The van der Waals surface area contributed by atoms with Crippen molar-refractivity contribution in [1.29, 1.82) is 0 Å². The number of aromatic nitrogens is 2. The molecule has 1 aromatic carbocycles. The van der Waals surface area contributed by atoms with Gasteiger partial charge in [-0.2, -0.15) is 4.98 Å². The standard InChI is InChI=1S/C24H34N2O/c1-5-6-7-9-14-22-17-25-23(21-12-10-8-11-13-21)26-24(22)27-18-20(4)16-15-19(2)3/h8,10-13,15,17,20H,5-7,9,14,16,18H2,1-4H3. The van der Waals surface area contributed by atoms with Crippen LogP contribution in [0.25, 0.3) is 11.4 Å². The van der Waals surface area contributed by atoms with E-state index >= 15 is 0 Å². The van der Waals surface area contributed by atoms with Crippen molar-refractivity contribution in [3.05, 3.63) is 53.7 Å². The Morgan fingerprint density at radius 2 is 1.89 bits per heavy atom. The molecule has 0 saturated carbocycles. The first-order valence-electron chi connectivity index (χ1n) is 10.3. The molecule has 146 valence electrons. The quantitative estimate of drug-likeness (QED) is 0.330. The maximum Gasteiger partial charge on any atom is 0.220 e. The second-order valence-electron chi connectivity index (χ2n) is 7.63. The van der Waals surface area contributed by atoms with Crippen LogP contribution in [0, 0.1) is 5.92 Å². The summed E-state index contributed by atoms with van der Waals surface area (Å²) in [4.78, 5) is 9.35. The van der Waals surface area contributed by atoms with Gasteiger partial charge in [0.25, 0.3) is 0 Å². The summed E-state index contributed by atoms with van der Waals surface area (Å²) >= 11 is 0. The van der Waals surface area contributed by atoms with Crippen molar-refractivity contribution in [2.75, 3.05) is 6.61 Å². The van der Waals surface area contributed by atoms with Gasteiger partial charge in [0.1, 0.15) is 0 Å². The average molecular weight is 367 g/mol. The summed E-state index contributed by atoms with van der Waals surface area (Å²) in [6, 6.07) is 10.1. The summed E-state index contributed by atoms with van der Waals surface area (Å²) in [5.41, 5.74) is 3.50. The maximum absolute atomic E-state index is 6.17. The molecular weight excluding hydrogens is 332 g/mol. The summed E-state index contributed by atoms with van der Waals surface area (Å²) in [7, 11) is 0. The smallest absolute Gasteiger partial charge is 0.220 e. The third-order valence-electron chi connectivity index (χ3n) is 4.59. The first-order valence-corrected chi connectivity index (χ1v) is 10.3. The van der Waals surface area contributed by atoms with E-state index in [1.54, 1.807) is 0 Å². The molecule has 0 N–H and O–H groups in total. The summed E-state index contributed by atoms with van der Waals surface area (Å²) in [5.74, 6) is 1.95. The molecule has 0 aliphatic rings. The van der Waals surface area contributed by atoms with E-state index in [0.717, 1.165) is 42.1 Å². The highest BCUT2D eigenvalue weighted by atomic mass is 16.5. The van der Waals surface area contributed by atoms with Crippen molar-refractivity contribution in [2.24, 2.45) is 5.92 Å². The molecule has 0 amide bonds. The van der Waals surface area contributed by atoms with E-state index in [9.17, 15) is 0 Å². The van der Waals surface area contributed by atoms with Gasteiger partial charge in [-0.1, -0.05) is 75.1 Å². The van der Waals surface area contributed by atoms with Crippen molar-refractivity contribution in [3.8, 4) is 17.3 Å². The summed E-state index contributed by atoms with van der Waals surface area (Å²) in [5, 5.41) is 0. The van der Waals surface area contributed by atoms with Crippen LogP contribution in [0.3, 0.4) is 0 Å². The molecule has 3 nitrogen and oxygen atoms in total. The first kappa shape index (κ1) is 21.1. The topological polar surface area (TPSA) is 35.0 Å². The zero-order valence-corrected chi connectivity index (χ0v) is 17.4. The predicted molar refractivity (Wildman–Crippen MR) is 114 cm³/mol. The fourth-order valence-electron chi connectivity index (χ4n) is 2.88. The number of allylic oxidation sites excluding steroid dienone is 2. The molecular formula is C24H34N2O. The minimum absolute atomic E-state index is 0.461. The molecule has 2 aromatic rings. The van der Waals surface area contributed by atoms with Gasteiger partial charge in [0.15, 0.2) is 5.82 Å². The number of hydrogen-bond donors (Lipinski definition) is 0. The van der Waals surface area contributed by atoms with E-state index in [1.807, 2.05) is 36.5 Å². The number of nitrogens with zero attached hydrogens (tertiary/aromatic N) is 2. The Kier molecular flexibility index (Phi) is 9.03. The lowest BCUT2D eigenvalue weighted by molar-refractivity contribution is 0.249. The zero-order valence-electron chi connectivity index (χ0n) is 17.4. The van der Waals surface area contributed by atoms with E-state index in [2.05, 4.69) is 38.8 Å². The molecule has 0 saturated heterocycles. The molecule has 1 aromatic heterocycles. The average Bonchev–Trinajstić information content (AvgIpc) is 2.69. The molecule has 3 heteroatoms. The Morgan fingerprint density at radius 1 is 1.11 bits per heavy atom. The summed E-state index contributed by atoms with van der Waals surface area (Å²) in [6.45, 7) is 9.41. The van der Waals surface area contributed by atoms with Crippen LogP contribution in [0.2, 0.25) is 0 Å². The van der Waals surface area contributed by atoms with Crippen LogP contribution in [-0.2, 0) is 6.42 Å². The molecule has 0 radical (unpaired) electrons. The van der Waals surface area contributed by atoms with Crippen molar-refractivity contribution in [3.63, 3.8) is 0 Å². The van der Waals surface area contributed by atoms with Gasteiger partial charge < -0.3 is 4.74 Å². The Labute approximate surface area is 164 Å². The molecule has 0 spiro atoms. The predicted octanol–water partition coefficient (Wildman–Crippen LogP) is 6.64. The Balaban J connectivity index is 2.11.